The second-order valence-electron chi connectivity index (χ2n) is 5.69. The van der Waals surface area contributed by atoms with Crippen LogP contribution in [-0.4, -0.2) is 12.5 Å². The van der Waals surface area contributed by atoms with E-state index in [0.717, 1.165) is 18.7 Å². The van der Waals surface area contributed by atoms with Gasteiger partial charge < -0.3 is 16.4 Å². The number of nitrogens with two attached hydrogens (primary N) is 2. The number of carbonyl (C=O) groups is 1. The quantitative estimate of drug-likeness (QED) is 0.831. The number of benzene rings is 2. The van der Waals surface area contributed by atoms with Gasteiger partial charge in [0.05, 0.1) is 11.4 Å². The molecule has 0 spiro atoms. The Morgan fingerprint density at radius 1 is 1.19 bits per heavy atom. The summed E-state index contributed by atoms with van der Waals surface area (Å²) < 4.78 is 0. The molecule has 21 heavy (non-hydrogen) atoms. The van der Waals surface area contributed by atoms with Gasteiger partial charge in [-0.1, -0.05) is 25.1 Å². The van der Waals surface area contributed by atoms with Crippen molar-refractivity contribution in [1.82, 2.24) is 0 Å². The van der Waals surface area contributed by atoms with Gasteiger partial charge in [0.2, 0.25) is 5.91 Å². The zero-order chi connectivity index (χ0) is 15.0. The lowest BCUT2D eigenvalue weighted by Crippen LogP contribution is -2.31. The number of fused-ring (bicyclic) bond motifs is 1. The molecule has 4 heteroatoms. The summed E-state index contributed by atoms with van der Waals surface area (Å²) in [5.41, 5.74) is 15.9. The van der Waals surface area contributed by atoms with Gasteiger partial charge in [-0.05, 0) is 42.2 Å². The molecule has 108 valence electrons. The third-order valence-corrected chi connectivity index (χ3v) is 3.95. The molecule has 3 rings (SSSR count). The molecule has 1 aliphatic heterocycles. The van der Waals surface area contributed by atoms with Crippen LogP contribution in [0.3, 0.4) is 0 Å². The third-order valence-electron chi connectivity index (χ3n) is 3.95. The van der Waals surface area contributed by atoms with Gasteiger partial charge in [0.15, 0.2) is 0 Å². The van der Waals surface area contributed by atoms with Crippen LogP contribution < -0.4 is 16.4 Å². The Balaban J connectivity index is 2.06. The van der Waals surface area contributed by atoms with Gasteiger partial charge in [0.1, 0.15) is 0 Å². The van der Waals surface area contributed by atoms with Gasteiger partial charge in [-0.15, -0.1) is 0 Å². The summed E-state index contributed by atoms with van der Waals surface area (Å²) in [7, 11) is 0. The Kier molecular flexibility index (Phi) is 3.29. The molecule has 0 aliphatic carbocycles. The molecule has 1 unspecified atom stereocenters. The fraction of sp³-hybridized carbons (Fsp3) is 0.235. The number of hydrogen-bond donors (Lipinski definition) is 2. The lowest BCUT2D eigenvalue weighted by Gasteiger charge is -2.35. The molecule has 0 saturated carbocycles. The van der Waals surface area contributed by atoms with Crippen LogP contribution in [0.25, 0.3) is 0 Å². The van der Waals surface area contributed by atoms with Crippen molar-refractivity contribution in [3.8, 4) is 0 Å². The highest BCUT2D eigenvalue weighted by Gasteiger charge is 2.23. The molecule has 1 amide bonds. The highest BCUT2D eigenvalue weighted by molar-refractivity contribution is 5.95. The number of para-hydroxylation sites is 1. The Hall–Kier alpha value is -2.49. The predicted octanol–water partition coefficient (Wildman–Crippen LogP) is 2.70. The van der Waals surface area contributed by atoms with E-state index in [4.69, 9.17) is 11.5 Å². The number of primary amides is 1. The maximum atomic E-state index is 11.2. The molecule has 4 N–H and O–H groups in total. The minimum Gasteiger partial charge on any atom is -0.397 e. The van der Waals surface area contributed by atoms with Crippen molar-refractivity contribution in [2.24, 2.45) is 11.7 Å². The highest BCUT2D eigenvalue weighted by Crippen LogP contribution is 2.38. The van der Waals surface area contributed by atoms with Gasteiger partial charge in [0.25, 0.3) is 0 Å². The fourth-order valence-corrected chi connectivity index (χ4v) is 2.98. The first-order valence-electron chi connectivity index (χ1n) is 7.11. The maximum absolute atomic E-state index is 11.2. The van der Waals surface area contributed by atoms with Crippen molar-refractivity contribution in [3.05, 3.63) is 53.6 Å². The average molecular weight is 281 g/mol. The normalized spacial score (nSPS) is 17.4. The summed E-state index contributed by atoms with van der Waals surface area (Å²) in [5.74, 6) is 0.0933. The summed E-state index contributed by atoms with van der Waals surface area (Å²) in [5, 5.41) is 0. The Morgan fingerprint density at radius 3 is 2.67 bits per heavy atom. The van der Waals surface area contributed by atoms with E-state index in [0.29, 0.717) is 17.2 Å². The molecular weight excluding hydrogens is 262 g/mol. The summed E-state index contributed by atoms with van der Waals surface area (Å²) >= 11 is 0. The third kappa shape index (κ3) is 2.44. The Morgan fingerprint density at radius 2 is 1.95 bits per heavy atom. The minimum atomic E-state index is -0.458. The monoisotopic (exact) mass is 281 g/mol. The summed E-state index contributed by atoms with van der Waals surface area (Å²) in [6.45, 7) is 3.15. The van der Waals surface area contributed by atoms with Gasteiger partial charge in [-0.25, -0.2) is 0 Å². The molecule has 2 aromatic carbocycles. The van der Waals surface area contributed by atoms with E-state index in [1.165, 1.54) is 11.3 Å². The van der Waals surface area contributed by atoms with Crippen LogP contribution >= 0.6 is 0 Å². The van der Waals surface area contributed by atoms with Crippen LogP contribution in [0.2, 0.25) is 0 Å². The van der Waals surface area contributed by atoms with Crippen molar-refractivity contribution < 1.29 is 4.79 Å². The highest BCUT2D eigenvalue weighted by atomic mass is 16.1. The van der Waals surface area contributed by atoms with Crippen molar-refractivity contribution in [1.29, 1.82) is 0 Å². The Bertz CT molecular complexity index is 696. The number of anilines is 3. The minimum absolute atomic E-state index is 0.439. The van der Waals surface area contributed by atoms with Crippen LogP contribution in [0, 0.1) is 5.92 Å². The van der Waals surface area contributed by atoms with Crippen molar-refractivity contribution in [2.45, 2.75) is 13.3 Å². The van der Waals surface area contributed by atoms with Crippen LogP contribution in [0.4, 0.5) is 17.1 Å². The van der Waals surface area contributed by atoms with Crippen molar-refractivity contribution in [2.75, 3.05) is 17.2 Å². The van der Waals surface area contributed by atoms with Gasteiger partial charge in [-0.2, -0.15) is 0 Å². The van der Waals surface area contributed by atoms with Crippen LogP contribution in [-0.2, 0) is 6.42 Å². The average Bonchev–Trinajstić information content (AvgIpc) is 2.46. The number of hydrogen-bond acceptors (Lipinski definition) is 3. The van der Waals surface area contributed by atoms with E-state index >= 15 is 0 Å². The molecule has 1 atom stereocenters. The summed E-state index contributed by atoms with van der Waals surface area (Å²) in [6, 6.07) is 13.6. The van der Waals surface area contributed by atoms with Crippen LogP contribution in [0.15, 0.2) is 42.5 Å². The lowest BCUT2D eigenvalue weighted by molar-refractivity contribution is 0.100. The smallest absolute Gasteiger partial charge is 0.248 e. The van der Waals surface area contributed by atoms with E-state index in [9.17, 15) is 4.79 Å². The van der Waals surface area contributed by atoms with E-state index in [1.807, 2.05) is 12.1 Å². The zero-order valence-electron chi connectivity index (χ0n) is 12.0. The largest absolute Gasteiger partial charge is 0.397 e. The standard InChI is InChI=1S/C17H19N3O/c1-11-8-12-4-2-3-5-15(12)20(10-11)16-7-6-13(17(19)21)9-14(16)18/h2-7,9,11H,8,10,18H2,1H3,(H2,19,21). The molecular formula is C17H19N3O. The van der Waals surface area contributed by atoms with Gasteiger partial charge >= 0.3 is 0 Å². The van der Waals surface area contributed by atoms with Crippen LogP contribution in [0.5, 0.6) is 0 Å². The predicted molar refractivity (Wildman–Crippen MR) is 85.7 cm³/mol. The first-order valence-corrected chi connectivity index (χ1v) is 7.11. The van der Waals surface area contributed by atoms with Gasteiger partial charge in [0, 0.05) is 17.8 Å². The molecule has 2 aromatic rings. The molecule has 1 aliphatic rings. The van der Waals surface area contributed by atoms with E-state index in [2.05, 4.69) is 30.0 Å². The van der Waals surface area contributed by atoms with E-state index in [-0.39, 0.29) is 0 Å². The molecule has 0 bridgehead atoms. The maximum Gasteiger partial charge on any atom is 0.248 e. The fourth-order valence-electron chi connectivity index (χ4n) is 2.98. The second-order valence-corrected chi connectivity index (χ2v) is 5.69. The Labute approximate surface area is 124 Å². The zero-order valence-corrected chi connectivity index (χ0v) is 12.0. The first-order chi connectivity index (χ1) is 10.1. The molecule has 1 heterocycles. The molecule has 0 saturated heterocycles. The number of carbonyl (C=O) groups excluding carboxylic acids is 1. The molecule has 0 aromatic heterocycles. The summed E-state index contributed by atoms with van der Waals surface area (Å²) in [6.07, 6.45) is 1.08. The molecule has 0 radical (unpaired) electrons. The van der Waals surface area contributed by atoms with Gasteiger partial charge in [-0.3, -0.25) is 4.79 Å². The SMILES string of the molecule is CC1Cc2ccccc2N(c2ccc(C(N)=O)cc2N)C1. The number of rotatable bonds is 2. The molecule has 4 nitrogen and oxygen atoms in total. The second kappa shape index (κ2) is 5.13. The number of nitrogens with zero attached hydrogens (tertiary/aromatic N) is 1. The van der Waals surface area contributed by atoms with Crippen LogP contribution in [0.1, 0.15) is 22.8 Å². The van der Waals surface area contributed by atoms with Crippen molar-refractivity contribution >= 4 is 23.0 Å². The number of nitrogen functional groups attached to an aromatic ring is 1. The van der Waals surface area contributed by atoms with Crippen molar-refractivity contribution in [3.63, 3.8) is 0 Å². The molecule has 0 fully saturated rings. The first kappa shape index (κ1) is 13.5. The topological polar surface area (TPSA) is 72.3 Å². The van der Waals surface area contributed by atoms with E-state index in [1.54, 1.807) is 12.1 Å². The summed E-state index contributed by atoms with van der Waals surface area (Å²) in [4.78, 5) is 13.5. The lowest BCUT2D eigenvalue weighted by atomic mass is 9.93. The number of amides is 1. The van der Waals surface area contributed by atoms with E-state index < -0.39 is 5.91 Å².